The third kappa shape index (κ3) is 4.10. The van der Waals surface area contributed by atoms with Gasteiger partial charge in [-0.2, -0.15) is 0 Å². The highest BCUT2D eigenvalue weighted by Crippen LogP contribution is 2.26. The van der Waals surface area contributed by atoms with Crippen molar-refractivity contribution in [2.45, 2.75) is 39.2 Å². The third-order valence-electron chi connectivity index (χ3n) is 4.31. The van der Waals surface area contributed by atoms with Crippen LogP contribution < -0.4 is 5.32 Å². The van der Waals surface area contributed by atoms with Gasteiger partial charge in [-0.15, -0.1) is 0 Å². The topological polar surface area (TPSA) is 58.6 Å². The molecule has 0 bridgehead atoms. The van der Waals surface area contributed by atoms with E-state index in [0.29, 0.717) is 19.1 Å². The van der Waals surface area contributed by atoms with Gasteiger partial charge in [-0.1, -0.05) is 32.0 Å². The Morgan fingerprint density at radius 1 is 1.35 bits per heavy atom. The standard InChI is InChI=1S/C18H26N2O3/c1-12(2)15-7-5-6-8-16(15)19-18(22)14-9-17(21)20(10-14)13(3)11-23-4/h5-8,12-14H,9-11H2,1-4H3,(H,19,22)/t13-,14-/m0/s1. The summed E-state index contributed by atoms with van der Waals surface area (Å²) in [7, 11) is 1.62. The first kappa shape index (κ1) is 17.5. The van der Waals surface area contributed by atoms with Gasteiger partial charge in [-0.3, -0.25) is 9.59 Å². The van der Waals surface area contributed by atoms with E-state index in [0.717, 1.165) is 11.3 Å². The maximum Gasteiger partial charge on any atom is 0.229 e. The summed E-state index contributed by atoms with van der Waals surface area (Å²) in [5.41, 5.74) is 1.94. The first-order chi connectivity index (χ1) is 10.9. The van der Waals surface area contributed by atoms with E-state index >= 15 is 0 Å². The number of carbonyl (C=O) groups excluding carboxylic acids is 2. The Labute approximate surface area is 138 Å². The number of ether oxygens (including phenoxy) is 1. The lowest BCUT2D eigenvalue weighted by molar-refractivity contribution is -0.130. The quantitative estimate of drug-likeness (QED) is 0.877. The average molecular weight is 318 g/mol. The highest BCUT2D eigenvalue weighted by Gasteiger charge is 2.36. The fraction of sp³-hybridized carbons (Fsp3) is 0.556. The van der Waals surface area contributed by atoms with Crippen LogP contribution >= 0.6 is 0 Å². The fourth-order valence-electron chi connectivity index (χ4n) is 3.01. The number of hydrogen-bond acceptors (Lipinski definition) is 3. The second-order valence-electron chi connectivity index (χ2n) is 6.48. The number of benzene rings is 1. The molecule has 5 heteroatoms. The molecule has 2 amide bonds. The molecule has 1 aliphatic heterocycles. The number of rotatable bonds is 6. The van der Waals surface area contributed by atoms with Gasteiger partial charge in [-0.25, -0.2) is 0 Å². The van der Waals surface area contributed by atoms with Crippen molar-refractivity contribution in [2.24, 2.45) is 5.92 Å². The molecule has 1 aromatic carbocycles. The van der Waals surface area contributed by atoms with Crippen molar-refractivity contribution in [3.8, 4) is 0 Å². The summed E-state index contributed by atoms with van der Waals surface area (Å²) < 4.78 is 5.10. The van der Waals surface area contributed by atoms with Gasteiger partial charge in [0.25, 0.3) is 0 Å². The van der Waals surface area contributed by atoms with E-state index in [1.165, 1.54) is 0 Å². The molecule has 1 saturated heterocycles. The molecule has 0 unspecified atom stereocenters. The molecule has 1 heterocycles. The van der Waals surface area contributed by atoms with Crippen LogP contribution in [0.15, 0.2) is 24.3 Å². The van der Waals surface area contributed by atoms with E-state index in [4.69, 9.17) is 4.74 Å². The number of nitrogens with zero attached hydrogens (tertiary/aromatic N) is 1. The molecule has 1 aromatic rings. The molecule has 2 rings (SSSR count). The zero-order chi connectivity index (χ0) is 17.0. The van der Waals surface area contributed by atoms with Crippen molar-refractivity contribution >= 4 is 17.5 Å². The largest absolute Gasteiger partial charge is 0.383 e. The number of hydrogen-bond donors (Lipinski definition) is 1. The van der Waals surface area contributed by atoms with Crippen molar-refractivity contribution < 1.29 is 14.3 Å². The van der Waals surface area contributed by atoms with Crippen molar-refractivity contribution in [3.05, 3.63) is 29.8 Å². The molecular weight excluding hydrogens is 292 g/mol. The molecule has 0 radical (unpaired) electrons. The van der Waals surface area contributed by atoms with Crippen LogP contribution in [-0.2, 0) is 14.3 Å². The Morgan fingerprint density at radius 3 is 2.70 bits per heavy atom. The van der Waals surface area contributed by atoms with E-state index in [1.807, 2.05) is 31.2 Å². The van der Waals surface area contributed by atoms with Gasteiger partial charge >= 0.3 is 0 Å². The molecule has 1 N–H and O–H groups in total. The van der Waals surface area contributed by atoms with Crippen LogP contribution in [-0.4, -0.2) is 43.0 Å². The van der Waals surface area contributed by atoms with Crippen molar-refractivity contribution in [1.29, 1.82) is 0 Å². The van der Waals surface area contributed by atoms with E-state index in [1.54, 1.807) is 12.0 Å². The van der Waals surface area contributed by atoms with Gasteiger partial charge in [0.1, 0.15) is 0 Å². The first-order valence-electron chi connectivity index (χ1n) is 8.12. The molecular formula is C18H26N2O3. The number of anilines is 1. The van der Waals surface area contributed by atoms with Crippen LogP contribution in [0.3, 0.4) is 0 Å². The van der Waals surface area contributed by atoms with Gasteiger partial charge in [0.15, 0.2) is 0 Å². The monoisotopic (exact) mass is 318 g/mol. The highest BCUT2D eigenvalue weighted by molar-refractivity contribution is 5.97. The van der Waals surface area contributed by atoms with Gasteiger partial charge < -0.3 is 15.0 Å². The Hall–Kier alpha value is -1.88. The number of methoxy groups -OCH3 is 1. The molecule has 0 spiro atoms. The summed E-state index contributed by atoms with van der Waals surface area (Å²) >= 11 is 0. The van der Waals surface area contributed by atoms with Gasteiger partial charge in [0.05, 0.1) is 18.6 Å². The van der Waals surface area contributed by atoms with Crippen LogP contribution in [0.2, 0.25) is 0 Å². The van der Waals surface area contributed by atoms with Crippen molar-refractivity contribution in [2.75, 3.05) is 25.6 Å². The van der Waals surface area contributed by atoms with Crippen LogP contribution in [0, 0.1) is 5.92 Å². The molecule has 0 aliphatic carbocycles. The fourth-order valence-corrected chi connectivity index (χ4v) is 3.01. The number of likely N-dealkylation sites (tertiary alicyclic amines) is 1. The lowest BCUT2D eigenvalue weighted by Crippen LogP contribution is -2.38. The number of nitrogens with one attached hydrogen (secondary N) is 1. The summed E-state index contributed by atoms with van der Waals surface area (Å²) in [5, 5.41) is 3.00. The lowest BCUT2D eigenvalue weighted by Gasteiger charge is -2.24. The minimum Gasteiger partial charge on any atom is -0.383 e. The minimum absolute atomic E-state index is 0.00625. The summed E-state index contributed by atoms with van der Waals surface area (Å²) in [5.74, 6) is -0.0395. The minimum atomic E-state index is -0.304. The van der Waals surface area contributed by atoms with Crippen LogP contribution in [0.1, 0.15) is 38.7 Å². The summed E-state index contributed by atoms with van der Waals surface area (Å²) in [6.45, 7) is 7.07. The lowest BCUT2D eigenvalue weighted by atomic mass is 10.0. The van der Waals surface area contributed by atoms with E-state index in [-0.39, 0.29) is 30.2 Å². The second kappa shape index (κ2) is 7.59. The van der Waals surface area contributed by atoms with Crippen LogP contribution in [0.5, 0.6) is 0 Å². The molecule has 0 aromatic heterocycles. The Morgan fingerprint density at radius 2 is 2.04 bits per heavy atom. The van der Waals surface area contributed by atoms with Gasteiger partial charge in [0, 0.05) is 25.8 Å². The second-order valence-corrected chi connectivity index (χ2v) is 6.48. The summed E-state index contributed by atoms with van der Waals surface area (Å²) in [6, 6.07) is 7.81. The maximum absolute atomic E-state index is 12.5. The molecule has 1 fully saturated rings. The maximum atomic E-state index is 12.5. The highest BCUT2D eigenvalue weighted by atomic mass is 16.5. The van der Waals surface area contributed by atoms with Crippen molar-refractivity contribution in [1.82, 2.24) is 4.90 Å². The Bertz CT molecular complexity index is 571. The first-order valence-corrected chi connectivity index (χ1v) is 8.12. The summed E-state index contributed by atoms with van der Waals surface area (Å²) in [6.07, 6.45) is 0.268. The van der Waals surface area contributed by atoms with Gasteiger partial charge in [0.2, 0.25) is 11.8 Å². The van der Waals surface area contributed by atoms with E-state index in [9.17, 15) is 9.59 Å². The zero-order valence-corrected chi connectivity index (χ0v) is 14.3. The Balaban J connectivity index is 2.04. The predicted molar refractivity (Wildman–Crippen MR) is 90.3 cm³/mol. The van der Waals surface area contributed by atoms with Crippen molar-refractivity contribution in [3.63, 3.8) is 0 Å². The van der Waals surface area contributed by atoms with E-state index in [2.05, 4.69) is 19.2 Å². The van der Waals surface area contributed by atoms with Crippen LogP contribution in [0.4, 0.5) is 5.69 Å². The predicted octanol–water partition coefficient (Wildman–Crippen LogP) is 2.63. The molecule has 2 atom stereocenters. The van der Waals surface area contributed by atoms with Gasteiger partial charge in [-0.05, 0) is 24.5 Å². The van der Waals surface area contributed by atoms with Crippen LogP contribution in [0.25, 0.3) is 0 Å². The SMILES string of the molecule is COC[C@H](C)N1C[C@@H](C(=O)Nc2ccccc2C(C)C)CC1=O. The molecule has 126 valence electrons. The molecule has 0 saturated carbocycles. The molecule has 5 nitrogen and oxygen atoms in total. The average Bonchev–Trinajstić information content (AvgIpc) is 2.90. The zero-order valence-electron chi connectivity index (χ0n) is 14.3. The van der Waals surface area contributed by atoms with E-state index < -0.39 is 0 Å². The molecule has 23 heavy (non-hydrogen) atoms. The normalized spacial score (nSPS) is 19.3. The third-order valence-corrected chi connectivity index (χ3v) is 4.31. The number of carbonyl (C=O) groups is 2. The smallest absolute Gasteiger partial charge is 0.229 e. The summed E-state index contributed by atoms with van der Waals surface area (Å²) in [4.78, 5) is 26.4. The number of amides is 2. The molecule has 1 aliphatic rings. The Kier molecular flexibility index (Phi) is 5.77. The number of para-hydroxylation sites is 1.